The molecule has 0 radical (unpaired) electrons. The van der Waals surface area contributed by atoms with Gasteiger partial charge in [-0.2, -0.15) is 0 Å². The van der Waals surface area contributed by atoms with Gasteiger partial charge < -0.3 is 15.4 Å². The Morgan fingerprint density at radius 3 is 2.58 bits per heavy atom. The maximum Gasteiger partial charge on any atom is 0.241 e. The molecular weight excluding hydrogens is 324 g/mol. The molecule has 0 bridgehead atoms. The first-order chi connectivity index (χ1) is 11.3. The van der Waals surface area contributed by atoms with Crippen molar-refractivity contribution in [3.8, 4) is 5.75 Å². The monoisotopic (exact) mass is 346 g/mol. The van der Waals surface area contributed by atoms with E-state index in [-0.39, 0.29) is 24.4 Å². The van der Waals surface area contributed by atoms with Crippen LogP contribution in [0.5, 0.6) is 5.75 Å². The first-order valence-electron chi connectivity index (χ1n) is 8.10. The molecule has 0 fully saturated rings. The lowest BCUT2D eigenvalue weighted by molar-refractivity contribution is -0.118. The predicted molar refractivity (Wildman–Crippen MR) is 98.9 cm³/mol. The van der Waals surface area contributed by atoms with E-state index < -0.39 is 0 Å². The Bertz CT molecular complexity index is 673. The molecule has 5 heteroatoms. The zero-order chi connectivity index (χ0) is 16.1. The molecular formula is C19H23ClN2O2. The summed E-state index contributed by atoms with van der Waals surface area (Å²) >= 11 is 0. The zero-order valence-electron chi connectivity index (χ0n) is 13.7. The standard InChI is InChI=1S/C19H22N2O2.ClH/c1-2-11-23-17-9-7-16(8-10-17)21-19(22)18-12-14-5-3-4-6-15(14)13-20-18;/h3-10,18,20H,2,11-13H2,1H3,(H,21,22);1H. The Balaban J connectivity index is 0.00000208. The van der Waals surface area contributed by atoms with Crippen molar-refractivity contribution in [1.82, 2.24) is 5.32 Å². The van der Waals surface area contributed by atoms with E-state index in [4.69, 9.17) is 4.74 Å². The third-order valence-electron chi connectivity index (χ3n) is 3.99. The van der Waals surface area contributed by atoms with Gasteiger partial charge in [-0.25, -0.2) is 0 Å². The van der Waals surface area contributed by atoms with Gasteiger partial charge in [0.05, 0.1) is 12.6 Å². The Labute approximate surface area is 149 Å². The van der Waals surface area contributed by atoms with Crippen LogP contribution in [0.4, 0.5) is 5.69 Å². The second kappa shape index (κ2) is 8.71. The number of hydrogen-bond acceptors (Lipinski definition) is 3. The van der Waals surface area contributed by atoms with Crippen LogP contribution in [0.1, 0.15) is 24.5 Å². The normalized spacial score (nSPS) is 15.8. The summed E-state index contributed by atoms with van der Waals surface area (Å²) in [6, 6.07) is 15.6. The van der Waals surface area contributed by atoms with Crippen LogP contribution in [0.25, 0.3) is 0 Å². The van der Waals surface area contributed by atoms with Gasteiger partial charge in [-0.3, -0.25) is 4.79 Å². The SMILES string of the molecule is CCCOc1ccc(NC(=O)C2Cc3ccccc3CN2)cc1.Cl. The molecule has 2 aromatic carbocycles. The van der Waals surface area contributed by atoms with Crippen LogP contribution in [0.2, 0.25) is 0 Å². The van der Waals surface area contributed by atoms with Crippen LogP contribution in [0.3, 0.4) is 0 Å². The topological polar surface area (TPSA) is 50.4 Å². The minimum atomic E-state index is -0.194. The van der Waals surface area contributed by atoms with Gasteiger partial charge in [0.1, 0.15) is 5.75 Å². The van der Waals surface area contributed by atoms with Gasteiger partial charge in [-0.15, -0.1) is 12.4 Å². The Hall–Kier alpha value is -2.04. The van der Waals surface area contributed by atoms with Gasteiger partial charge in [0, 0.05) is 12.2 Å². The fraction of sp³-hybridized carbons (Fsp3) is 0.316. The van der Waals surface area contributed by atoms with E-state index in [0.29, 0.717) is 6.61 Å². The zero-order valence-corrected chi connectivity index (χ0v) is 14.6. The van der Waals surface area contributed by atoms with Crippen molar-refractivity contribution in [3.05, 3.63) is 59.7 Å². The lowest BCUT2D eigenvalue weighted by atomic mass is 9.95. The molecule has 24 heavy (non-hydrogen) atoms. The average Bonchev–Trinajstić information content (AvgIpc) is 2.60. The Morgan fingerprint density at radius 1 is 1.17 bits per heavy atom. The Morgan fingerprint density at radius 2 is 1.88 bits per heavy atom. The highest BCUT2D eigenvalue weighted by molar-refractivity contribution is 5.95. The third-order valence-corrected chi connectivity index (χ3v) is 3.99. The van der Waals surface area contributed by atoms with E-state index in [1.54, 1.807) is 0 Å². The minimum absolute atomic E-state index is 0. The van der Waals surface area contributed by atoms with Crippen LogP contribution >= 0.6 is 12.4 Å². The number of carbonyl (C=O) groups excluding carboxylic acids is 1. The summed E-state index contributed by atoms with van der Waals surface area (Å²) in [6.45, 7) is 3.51. The molecule has 1 heterocycles. The molecule has 3 rings (SSSR count). The molecule has 1 aliphatic rings. The summed E-state index contributed by atoms with van der Waals surface area (Å²) in [7, 11) is 0. The molecule has 4 nitrogen and oxygen atoms in total. The predicted octanol–water partition coefficient (Wildman–Crippen LogP) is 3.55. The third kappa shape index (κ3) is 4.49. The van der Waals surface area contributed by atoms with Gasteiger partial charge in [0.25, 0.3) is 0 Å². The molecule has 2 N–H and O–H groups in total. The summed E-state index contributed by atoms with van der Waals surface area (Å²) in [6.07, 6.45) is 1.70. The first kappa shape index (κ1) is 18.3. The number of benzene rings is 2. The summed E-state index contributed by atoms with van der Waals surface area (Å²) in [5.74, 6) is 0.830. The number of rotatable bonds is 5. The number of nitrogens with one attached hydrogen (secondary N) is 2. The molecule has 1 aliphatic heterocycles. The maximum atomic E-state index is 12.4. The fourth-order valence-corrected chi connectivity index (χ4v) is 2.72. The quantitative estimate of drug-likeness (QED) is 0.870. The molecule has 0 aliphatic carbocycles. The molecule has 1 amide bonds. The van der Waals surface area contributed by atoms with Crippen LogP contribution in [0.15, 0.2) is 48.5 Å². The molecule has 0 saturated heterocycles. The summed E-state index contributed by atoms with van der Waals surface area (Å²) < 4.78 is 5.55. The number of carbonyl (C=O) groups is 1. The number of anilines is 1. The smallest absolute Gasteiger partial charge is 0.241 e. The second-order valence-corrected chi connectivity index (χ2v) is 5.77. The van der Waals surface area contributed by atoms with Crippen molar-refractivity contribution in [3.63, 3.8) is 0 Å². The highest BCUT2D eigenvalue weighted by atomic mass is 35.5. The largest absolute Gasteiger partial charge is 0.494 e. The highest BCUT2D eigenvalue weighted by Gasteiger charge is 2.23. The number of halogens is 1. The van der Waals surface area contributed by atoms with Gasteiger partial charge in [0.15, 0.2) is 0 Å². The fourth-order valence-electron chi connectivity index (χ4n) is 2.72. The number of amides is 1. The summed E-state index contributed by atoms with van der Waals surface area (Å²) in [5.41, 5.74) is 3.31. The van der Waals surface area contributed by atoms with Crippen LogP contribution in [-0.2, 0) is 17.8 Å². The van der Waals surface area contributed by atoms with E-state index in [0.717, 1.165) is 30.8 Å². The summed E-state index contributed by atoms with van der Waals surface area (Å²) in [4.78, 5) is 12.4. The van der Waals surface area contributed by atoms with Gasteiger partial charge in [-0.05, 0) is 48.2 Å². The van der Waals surface area contributed by atoms with Crippen LogP contribution in [-0.4, -0.2) is 18.6 Å². The number of ether oxygens (including phenoxy) is 1. The second-order valence-electron chi connectivity index (χ2n) is 5.77. The lowest BCUT2D eigenvalue weighted by Gasteiger charge is -2.25. The van der Waals surface area contributed by atoms with Crippen molar-refractivity contribution < 1.29 is 9.53 Å². The molecule has 1 atom stereocenters. The molecule has 0 spiro atoms. The van der Waals surface area contributed by atoms with Crippen molar-refractivity contribution in [2.24, 2.45) is 0 Å². The van der Waals surface area contributed by atoms with E-state index in [9.17, 15) is 4.79 Å². The number of hydrogen-bond donors (Lipinski definition) is 2. The van der Waals surface area contributed by atoms with Crippen molar-refractivity contribution >= 4 is 24.0 Å². The van der Waals surface area contributed by atoms with Gasteiger partial charge in [-0.1, -0.05) is 31.2 Å². The van der Waals surface area contributed by atoms with Crippen molar-refractivity contribution in [2.75, 3.05) is 11.9 Å². The Kier molecular flexibility index (Phi) is 6.64. The number of fused-ring (bicyclic) bond motifs is 1. The van der Waals surface area contributed by atoms with Crippen molar-refractivity contribution in [1.29, 1.82) is 0 Å². The van der Waals surface area contributed by atoms with Crippen LogP contribution < -0.4 is 15.4 Å². The molecule has 2 aromatic rings. The van der Waals surface area contributed by atoms with E-state index >= 15 is 0 Å². The van der Waals surface area contributed by atoms with E-state index in [2.05, 4.69) is 29.7 Å². The van der Waals surface area contributed by atoms with Crippen molar-refractivity contribution in [2.45, 2.75) is 32.4 Å². The van der Waals surface area contributed by atoms with E-state index in [1.165, 1.54) is 11.1 Å². The summed E-state index contributed by atoms with van der Waals surface area (Å²) in [5, 5.41) is 6.27. The van der Waals surface area contributed by atoms with E-state index in [1.807, 2.05) is 36.4 Å². The maximum absolute atomic E-state index is 12.4. The first-order valence-corrected chi connectivity index (χ1v) is 8.10. The molecule has 128 valence electrons. The molecule has 1 unspecified atom stereocenters. The highest BCUT2D eigenvalue weighted by Crippen LogP contribution is 2.19. The molecule has 0 saturated carbocycles. The van der Waals surface area contributed by atoms with Crippen LogP contribution in [0, 0.1) is 0 Å². The molecule has 0 aromatic heterocycles. The minimum Gasteiger partial charge on any atom is -0.494 e. The van der Waals surface area contributed by atoms with Gasteiger partial charge in [0.2, 0.25) is 5.91 Å². The lowest BCUT2D eigenvalue weighted by Crippen LogP contribution is -2.44. The average molecular weight is 347 g/mol. The van der Waals surface area contributed by atoms with Gasteiger partial charge >= 0.3 is 0 Å².